The Morgan fingerprint density at radius 1 is 1.53 bits per heavy atom. The fraction of sp³-hybridized carbons (Fsp3) is 0.500. The number of benzene rings is 1. The molecule has 1 amide bonds. The van der Waals surface area contributed by atoms with Crippen LogP contribution in [-0.2, 0) is 9.53 Å². The van der Waals surface area contributed by atoms with Crippen LogP contribution in [0.4, 0.5) is 0 Å². The Morgan fingerprint density at radius 3 is 2.89 bits per heavy atom. The van der Waals surface area contributed by atoms with Gasteiger partial charge in [-0.1, -0.05) is 28.1 Å². The zero-order valence-electron chi connectivity index (χ0n) is 11.0. The van der Waals surface area contributed by atoms with Crippen LogP contribution < -0.4 is 10.6 Å². The first-order valence-electron chi connectivity index (χ1n) is 6.52. The molecule has 0 radical (unpaired) electrons. The normalized spacial score (nSPS) is 20.8. The van der Waals surface area contributed by atoms with E-state index in [-0.39, 0.29) is 18.1 Å². The third kappa shape index (κ3) is 4.60. The van der Waals surface area contributed by atoms with Gasteiger partial charge < -0.3 is 15.4 Å². The van der Waals surface area contributed by atoms with Gasteiger partial charge >= 0.3 is 0 Å². The monoisotopic (exact) mass is 326 g/mol. The molecule has 1 unspecified atom stereocenters. The maximum absolute atomic E-state index is 11.9. The highest BCUT2D eigenvalue weighted by atomic mass is 79.9. The van der Waals surface area contributed by atoms with Crippen molar-refractivity contribution in [2.45, 2.75) is 25.5 Å². The number of ether oxygens (including phenoxy) is 1. The average Bonchev–Trinajstić information content (AvgIpc) is 2.40. The number of halogens is 1. The van der Waals surface area contributed by atoms with Gasteiger partial charge in [0, 0.05) is 17.6 Å². The predicted molar refractivity (Wildman–Crippen MR) is 77.9 cm³/mol. The highest BCUT2D eigenvalue weighted by Crippen LogP contribution is 2.16. The number of hydrogen-bond donors (Lipinski definition) is 2. The average molecular weight is 327 g/mol. The number of morpholine rings is 1. The van der Waals surface area contributed by atoms with E-state index in [9.17, 15) is 4.79 Å². The molecule has 0 aromatic heterocycles. The molecule has 2 rings (SSSR count). The molecule has 1 fully saturated rings. The molecule has 1 saturated heterocycles. The number of nitrogens with one attached hydrogen (secondary N) is 2. The van der Waals surface area contributed by atoms with Crippen molar-refractivity contribution in [2.75, 3.05) is 19.7 Å². The lowest BCUT2D eigenvalue weighted by atomic mass is 10.1. The summed E-state index contributed by atoms with van der Waals surface area (Å²) >= 11 is 3.40. The van der Waals surface area contributed by atoms with Crippen LogP contribution in [0.25, 0.3) is 0 Å². The Hall–Kier alpha value is -0.910. The van der Waals surface area contributed by atoms with Crippen molar-refractivity contribution >= 4 is 21.8 Å². The summed E-state index contributed by atoms with van der Waals surface area (Å²) in [6.07, 6.45) is 0.402. The van der Waals surface area contributed by atoms with Gasteiger partial charge in [0.25, 0.3) is 0 Å². The third-order valence-corrected chi connectivity index (χ3v) is 3.69. The number of rotatable bonds is 4. The molecule has 19 heavy (non-hydrogen) atoms. The highest BCUT2D eigenvalue weighted by Gasteiger charge is 2.18. The SMILES string of the molecule is C[C@@H](NC(=O)CC1CNCCO1)c1ccc(Br)cc1. The van der Waals surface area contributed by atoms with Crippen molar-refractivity contribution in [3.63, 3.8) is 0 Å². The lowest BCUT2D eigenvalue weighted by Gasteiger charge is -2.24. The van der Waals surface area contributed by atoms with E-state index in [0.717, 1.165) is 23.1 Å². The van der Waals surface area contributed by atoms with Gasteiger partial charge in [0.1, 0.15) is 0 Å². The standard InChI is InChI=1S/C14H19BrN2O2/c1-10(11-2-4-12(15)5-3-11)17-14(18)8-13-9-16-6-7-19-13/h2-5,10,13,16H,6-9H2,1H3,(H,17,18)/t10-,13?/m1/s1. The summed E-state index contributed by atoms with van der Waals surface area (Å²) in [5, 5.41) is 6.22. The van der Waals surface area contributed by atoms with Crippen LogP contribution in [0, 0.1) is 0 Å². The quantitative estimate of drug-likeness (QED) is 0.889. The first-order valence-corrected chi connectivity index (χ1v) is 7.31. The lowest BCUT2D eigenvalue weighted by molar-refractivity contribution is -0.125. The van der Waals surface area contributed by atoms with E-state index in [1.54, 1.807) is 0 Å². The molecule has 1 aliphatic rings. The van der Waals surface area contributed by atoms with E-state index in [1.807, 2.05) is 31.2 Å². The summed E-state index contributed by atoms with van der Waals surface area (Å²) in [6.45, 7) is 4.29. The van der Waals surface area contributed by atoms with Crippen molar-refractivity contribution in [3.05, 3.63) is 34.3 Å². The molecule has 5 heteroatoms. The van der Waals surface area contributed by atoms with Crippen LogP contribution in [0.2, 0.25) is 0 Å². The summed E-state index contributed by atoms with van der Waals surface area (Å²) in [5.41, 5.74) is 1.10. The first-order chi connectivity index (χ1) is 9.15. The van der Waals surface area contributed by atoms with E-state index in [0.29, 0.717) is 13.0 Å². The second-order valence-corrected chi connectivity index (χ2v) is 5.66. The van der Waals surface area contributed by atoms with Crippen molar-refractivity contribution in [1.29, 1.82) is 0 Å². The molecule has 1 aromatic rings. The van der Waals surface area contributed by atoms with E-state index in [4.69, 9.17) is 4.74 Å². The number of amides is 1. The van der Waals surface area contributed by atoms with Gasteiger partial charge in [0.2, 0.25) is 5.91 Å². The zero-order valence-corrected chi connectivity index (χ0v) is 12.6. The molecular weight excluding hydrogens is 308 g/mol. The van der Waals surface area contributed by atoms with Crippen LogP contribution in [0.5, 0.6) is 0 Å². The van der Waals surface area contributed by atoms with Crippen molar-refractivity contribution in [2.24, 2.45) is 0 Å². The Morgan fingerprint density at radius 2 is 2.26 bits per heavy atom. The van der Waals surface area contributed by atoms with E-state index in [1.165, 1.54) is 0 Å². The largest absolute Gasteiger partial charge is 0.375 e. The van der Waals surface area contributed by atoms with E-state index < -0.39 is 0 Å². The number of carbonyl (C=O) groups excluding carboxylic acids is 1. The molecule has 2 N–H and O–H groups in total. The second kappa shape index (κ2) is 7.03. The minimum Gasteiger partial charge on any atom is -0.375 e. The lowest BCUT2D eigenvalue weighted by Crippen LogP contribution is -2.41. The summed E-state index contributed by atoms with van der Waals surface area (Å²) in [7, 11) is 0. The molecule has 2 atom stereocenters. The summed E-state index contributed by atoms with van der Waals surface area (Å²) in [5.74, 6) is 0.0316. The van der Waals surface area contributed by atoms with Crippen LogP contribution in [0.3, 0.4) is 0 Å². The maximum atomic E-state index is 11.9. The van der Waals surface area contributed by atoms with Gasteiger partial charge in [-0.25, -0.2) is 0 Å². The van der Waals surface area contributed by atoms with Crippen molar-refractivity contribution in [1.82, 2.24) is 10.6 Å². The Bertz CT molecular complexity index is 416. The Balaban J connectivity index is 1.82. The van der Waals surface area contributed by atoms with Crippen LogP contribution in [0.15, 0.2) is 28.7 Å². The highest BCUT2D eigenvalue weighted by molar-refractivity contribution is 9.10. The molecule has 0 spiro atoms. The predicted octanol–water partition coefficient (Wildman–Crippen LogP) is 2.00. The Labute approximate surface area is 122 Å². The maximum Gasteiger partial charge on any atom is 0.223 e. The van der Waals surface area contributed by atoms with Gasteiger partial charge in [-0.2, -0.15) is 0 Å². The zero-order chi connectivity index (χ0) is 13.7. The number of hydrogen-bond acceptors (Lipinski definition) is 3. The Kier molecular flexibility index (Phi) is 5.36. The number of carbonyl (C=O) groups is 1. The fourth-order valence-electron chi connectivity index (χ4n) is 2.09. The van der Waals surface area contributed by atoms with E-state index in [2.05, 4.69) is 26.6 Å². The molecule has 0 saturated carbocycles. The van der Waals surface area contributed by atoms with Crippen LogP contribution in [-0.4, -0.2) is 31.7 Å². The second-order valence-electron chi connectivity index (χ2n) is 4.74. The van der Waals surface area contributed by atoms with Gasteiger partial charge in [-0.3, -0.25) is 4.79 Å². The van der Waals surface area contributed by atoms with Crippen molar-refractivity contribution in [3.8, 4) is 0 Å². The van der Waals surface area contributed by atoms with Crippen molar-refractivity contribution < 1.29 is 9.53 Å². The minimum atomic E-state index is -0.00846. The van der Waals surface area contributed by atoms with Gasteiger partial charge in [0.05, 0.1) is 25.2 Å². The summed E-state index contributed by atoms with van der Waals surface area (Å²) in [6, 6.07) is 7.98. The molecule has 0 bridgehead atoms. The van der Waals surface area contributed by atoms with Crippen LogP contribution in [0.1, 0.15) is 24.9 Å². The molecule has 104 valence electrons. The summed E-state index contributed by atoms with van der Waals surface area (Å²) in [4.78, 5) is 11.9. The minimum absolute atomic E-state index is 0.00846. The molecule has 1 aliphatic heterocycles. The topological polar surface area (TPSA) is 50.4 Å². The smallest absolute Gasteiger partial charge is 0.223 e. The molecule has 4 nitrogen and oxygen atoms in total. The molecule has 1 aromatic carbocycles. The fourth-order valence-corrected chi connectivity index (χ4v) is 2.36. The van der Waals surface area contributed by atoms with E-state index >= 15 is 0 Å². The molecule has 1 heterocycles. The first kappa shape index (κ1) is 14.5. The molecule has 0 aliphatic carbocycles. The van der Waals surface area contributed by atoms with Gasteiger partial charge in [0.15, 0.2) is 0 Å². The van der Waals surface area contributed by atoms with Crippen LogP contribution >= 0.6 is 15.9 Å². The third-order valence-electron chi connectivity index (χ3n) is 3.16. The van der Waals surface area contributed by atoms with Gasteiger partial charge in [-0.05, 0) is 24.6 Å². The van der Waals surface area contributed by atoms with Gasteiger partial charge in [-0.15, -0.1) is 0 Å². The summed E-state index contributed by atoms with van der Waals surface area (Å²) < 4.78 is 6.56. The molecular formula is C14H19BrN2O2.